The fourth-order valence-corrected chi connectivity index (χ4v) is 1.03. The molecule has 0 bridgehead atoms. The van der Waals surface area contributed by atoms with E-state index in [0.717, 1.165) is 0 Å². The van der Waals surface area contributed by atoms with Crippen LogP contribution in [0.5, 0.6) is 0 Å². The first kappa shape index (κ1) is 11.3. The van der Waals surface area contributed by atoms with Crippen molar-refractivity contribution in [3.63, 3.8) is 0 Å². The van der Waals surface area contributed by atoms with Crippen molar-refractivity contribution in [2.75, 3.05) is 11.9 Å². The zero-order chi connectivity index (χ0) is 11.3. The van der Waals surface area contributed by atoms with Crippen molar-refractivity contribution in [1.29, 1.82) is 0 Å². The minimum atomic E-state index is -0.735. The van der Waals surface area contributed by atoms with E-state index in [2.05, 4.69) is 10.6 Å². The van der Waals surface area contributed by atoms with E-state index in [1.165, 1.54) is 0 Å². The molecule has 1 aromatic rings. The number of hydrogen-bond acceptors (Lipinski definition) is 2. The van der Waals surface area contributed by atoms with Gasteiger partial charge in [-0.15, -0.1) is 0 Å². The molecule has 6 heteroatoms. The smallest absolute Gasteiger partial charge is 0.312 e. The van der Waals surface area contributed by atoms with Crippen molar-refractivity contribution < 1.29 is 9.59 Å². The fraction of sp³-hybridized carbons (Fsp3) is 0.111. The van der Waals surface area contributed by atoms with Gasteiger partial charge in [-0.25, -0.2) is 4.79 Å². The lowest BCUT2D eigenvalue weighted by atomic mass is 10.3. The summed E-state index contributed by atoms with van der Waals surface area (Å²) >= 11 is 5.66. The Bertz CT molecular complexity index is 364. The molecule has 5 nitrogen and oxygen atoms in total. The predicted molar refractivity (Wildman–Crippen MR) is 57.7 cm³/mol. The van der Waals surface area contributed by atoms with Gasteiger partial charge in [0.25, 0.3) is 0 Å². The van der Waals surface area contributed by atoms with Crippen molar-refractivity contribution in [3.05, 3.63) is 29.3 Å². The Hall–Kier alpha value is -1.75. The highest BCUT2D eigenvalue weighted by atomic mass is 35.5. The monoisotopic (exact) mass is 227 g/mol. The topological polar surface area (TPSA) is 84.2 Å². The lowest BCUT2D eigenvalue weighted by Crippen LogP contribution is -2.36. The van der Waals surface area contributed by atoms with Gasteiger partial charge in [0.2, 0.25) is 5.91 Å². The molecular weight excluding hydrogens is 218 g/mol. The van der Waals surface area contributed by atoms with Crippen LogP contribution in [0.25, 0.3) is 0 Å². The maximum absolute atomic E-state index is 11.2. The molecule has 0 atom stereocenters. The first-order valence-electron chi connectivity index (χ1n) is 4.16. The van der Waals surface area contributed by atoms with Crippen LogP contribution in [-0.4, -0.2) is 18.5 Å². The lowest BCUT2D eigenvalue weighted by molar-refractivity contribution is -0.115. The van der Waals surface area contributed by atoms with Gasteiger partial charge < -0.3 is 16.4 Å². The summed E-state index contributed by atoms with van der Waals surface area (Å²) in [5.74, 6) is -0.351. The van der Waals surface area contributed by atoms with Crippen LogP contribution in [0.15, 0.2) is 24.3 Å². The maximum atomic E-state index is 11.2. The van der Waals surface area contributed by atoms with Gasteiger partial charge in [-0.1, -0.05) is 11.6 Å². The molecule has 80 valence electrons. The van der Waals surface area contributed by atoms with E-state index in [1.807, 2.05) is 0 Å². The Balaban J connectivity index is 2.44. The number of carbonyl (C=O) groups excluding carboxylic acids is 2. The molecule has 0 radical (unpaired) electrons. The van der Waals surface area contributed by atoms with E-state index in [1.54, 1.807) is 24.3 Å². The SMILES string of the molecule is NC(=O)NCC(=O)Nc1ccc(Cl)cc1. The van der Waals surface area contributed by atoms with Crippen molar-refractivity contribution in [2.24, 2.45) is 5.73 Å². The highest BCUT2D eigenvalue weighted by Crippen LogP contribution is 2.12. The van der Waals surface area contributed by atoms with Gasteiger partial charge in [0.05, 0.1) is 6.54 Å². The summed E-state index contributed by atoms with van der Waals surface area (Å²) < 4.78 is 0. The number of primary amides is 1. The van der Waals surface area contributed by atoms with E-state index in [9.17, 15) is 9.59 Å². The normalized spacial score (nSPS) is 9.40. The summed E-state index contributed by atoms with van der Waals surface area (Å²) in [7, 11) is 0. The second-order valence-corrected chi connectivity index (χ2v) is 3.21. The molecule has 0 aliphatic heterocycles. The van der Waals surface area contributed by atoms with Crippen LogP contribution >= 0.6 is 11.6 Å². The van der Waals surface area contributed by atoms with Gasteiger partial charge >= 0.3 is 6.03 Å². The molecule has 0 saturated carbocycles. The third kappa shape index (κ3) is 4.33. The van der Waals surface area contributed by atoms with Gasteiger partial charge in [-0.2, -0.15) is 0 Å². The first-order valence-corrected chi connectivity index (χ1v) is 4.54. The van der Waals surface area contributed by atoms with Crippen LogP contribution in [0.3, 0.4) is 0 Å². The Morgan fingerprint density at radius 2 is 1.87 bits per heavy atom. The summed E-state index contributed by atoms with van der Waals surface area (Å²) in [6.07, 6.45) is 0. The van der Waals surface area contributed by atoms with E-state index < -0.39 is 6.03 Å². The highest BCUT2D eigenvalue weighted by Gasteiger charge is 2.02. The number of rotatable bonds is 3. The molecule has 3 amide bonds. The number of nitrogens with one attached hydrogen (secondary N) is 2. The summed E-state index contributed by atoms with van der Waals surface area (Å²) in [4.78, 5) is 21.5. The Kier molecular flexibility index (Phi) is 3.93. The van der Waals surface area contributed by atoms with Crippen molar-refractivity contribution >= 4 is 29.2 Å². The molecule has 0 fully saturated rings. The minimum absolute atomic E-state index is 0.155. The summed E-state index contributed by atoms with van der Waals surface area (Å²) in [6, 6.07) is 5.88. The van der Waals surface area contributed by atoms with E-state index in [0.29, 0.717) is 10.7 Å². The number of halogens is 1. The Morgan fingerprint density at radius 3 is 2.40 bits per heavy atom. The Labute approximate surface area is 91.6 Å². The zero-order valence-corrected chi connectivity index (χ0v) is 8.54. The average Bonchev–Trinajstić information content (AvgIpc) is 2.19. The molecule has 0 unspecified atom stereocenters. The summed E-state index contributed by atoms with van der Waals surface area (Å²) in [6.45, 7) is -0.155. The predicted octanol–water partition coefficient (Wildman–Crippen LogP) is 0.947. The van der Waals surface area contributed by atoms with Crippen LogP contribution < -0.4 is 16.4 Å². The van der Waals surface area contributed by atoms with Crippen LogP contribution in [0.2, 0.25) is 5.02 Å². The van der Waals surface area contributed by atoms with E-state index >= 15 is 0 Å². The van der Waals surface area contributed by atoms with Crippen LogP contribution in [0.1, 0.15) is 0 Å². The van der Waals surface area contributed by atoms with Crippen molar-refractivity contribution in [2.45, 2.75) is 0 Å². The van der Waals surface area contributed by atoms with Gasteiger partial charge in [-0.05, 0) is 24.3 Å². The molecule has 0 spiro atoms. The molecule has 15 heavy (non-hydrogen) atoms. The largest absolute Gasteiger partial charge is 0.352 e. The van der Waals surface area contributed by atoms with Gasteiger partial charge in [0.15, 0.2) is 0 Å². The number of urea groups is 1. The van der Waals surface area contributed by atoms with Gasteiger partial charge in [0.1, 0.15) is 0 Å². The van der Waals surface area contributed by atoms with E-state index in [-0.39, 0.29) is 12.5 Å². The lowest BCUT2D eigenvalue weighted by Gasteiger charge is -2.05. The third-order valence-corrected chi connectivity index (χ3v) is 1.80. The van der Waals surface area contributed by atoms with Crippen LogP contribution in [-0.2, 0) is 4.79 Å². The molecular formula is C9H10ClN3O2. The quantitative estimate of drug-likeness (QED) is 0.718. The molecule has 0 saturated heterocycles. The second kappa shape index (κ2) is 5.21. The summed E-state index contributed by atoms with van der Waals surface area (Å²) in [5, 5.41) is 5.32. The molecule has 1 rings (SSSR count). The molecule has 4 N–H and O–H groups in total. The number of amides is 3. The molecule has 0 aliphatic carbocycles. The van der Waals surface area contributed by atoms with Crippen molar-refractivity contribution in [1.82, 2.24) is 5.32 Å². The Morgan fingerprint density at radius 1 is 1.27 bits per heavy atom. The molecule has 0 aromatic heterocycles. The minimum Gasteiger partial charge on any atom is -0.352 e. The highest BCUT2D eigenvalue weighted by molar-refractivity contribution is 6.30. The second-order valence-electron chi connectivity index (χ2n) is 2.77. The fourth-order valence-electron chi connectivity index (χ4n) is 0.906. The molecule has 0 heterocycles. The number of nitrogens with two attached hydrogens (primary N) is 1. The van der Waals surface area contributed by atoms with E-state index in [4.69, 9.17) is 17.3 Å². The van der Waals surface area contributed by atoms with Gasteiger partial charge in [0, 0.05) is 10.7 Å². The standard InChI is InChI=1S/C9H10ClN3O2/c10-6-1-3-7(4-2-6)13-8(14)5-12-9(11)15/h1-4H,5H2,(H,13,14)(H3,11,12,15). The molecule has 0 aliphatic rings. The number of benzene rings is 1. The summed E-state index contributed by atoms with van der Waals surface area (Å²) in [5.41, 5.74) is 5.41. The average molecular weight is 228 g/mol. The number of carbonyl (C=O) groups is 2. The molecule has 1 aromatic carbocycles. The zero-order valence-electron chi connectivity index (χ0n) is 7.79. The van der Waals surface area contributed by atoms with Crippen molar-refractivity contribution in [3.8, 4) is 0 Å². The third-order valence-electron chi connectivity index (χ3n) is 1.55. The van der Waals surface area contributed by atoms with Crippen LogP contribution in [0.4, 0.5) is 10.5 Å². The number of hydrogen-bond donors (Lipinski definition) is 3. The first-order chi connectivity index (χ1) is 7.08. The van der Waals surface area contributed by atoms with Gasteiger partial charge in [-0.3, -0.25) is 4.79 Å². The maximum Gasteiger partial charge on any atom is 0.312 e. The number of anilines is 1. The van der Waals surface area contributed by atoms with Crippen LogP contribution in [0, 0.1) is 0 Å².